The summed E-state index contributed by atoms with van der Waals surface area (Å²) in [7, 11) is -1.49. The lowest BCUT2D eigenvalue weighted by Crippen LogP contribution is -2.28. The molecule has 1 unspecified atom stereocenters. The standard InChI is InChI=1S/C24H27N3O5S/c1-17-3-5-18(6-4-17)23-15-22(26-27(23)19-11-14-33(29,30)16-19)24(28)25-12-13-32-21-9-7-20(31-2)8-10-21/h3-10,15,19H,11-14,16H2,1-2H3,(H,25,28). The van der Waals surface area contributed by atoms with Gasteiger partial charge in [0.15, 0.2) is 15.5 Å². The molecule has 1 atom stereocenters. The molecule has 0 radical (unpaired) electrons. The number of hydrogen-bond acceptors (Lipinski definition) is 6. The van der Waals surface area contributed by atoms with Gasteiger partial charge in [-0.2, -0.15) is 5.10 Å². The molecule has 9 heteroatoms. The van der Waals surface area contributed by atoms with Gasteiger partial charge in [-0.3, -0.25) is 9.48 Å². The number of aryl methyl sites for hydroxylation is 1. The van der Waals surface area contributed by atoms with E-state index in [9.17, 15) is 13.2 Å². The number of methoxy groups -OCH3 is 1. The van der Waals surface area contributed by atoms with E-state index >= 15 is 0 Å². The Kier molecular flexibility index (Phi) is 6.69. The van der Waals surface area contributed by atoms with Gasteiger partial charge in [-0.15, -0.1) is 0 Å². The third kappa shape index (κ3) is 5.54. The summed E-state index contributed by atoms with van der Waals surface area (Å²) in [6.45, 7) is 2.59. The molecule has 2 aromatic carbocycles. The Labute approximate surface area is 193 Å². The van der Waals surface area contributed by atoms with Crippen molar-refractivity contribution in [2.24, 2.45) is 0 Å². The Morgan fingerprint density at radius 1 is 1.12 bits per heavy atom. The van der Waals surface area contributed by atoms with Crippen LogP contribution in [0.5, 0.6) is 11.5 Å². The molecule has 0 saturated carbocycles. The van der Waals surface area contributed by atoms with Gasteiger partial charge in [0.2, 0.25) is 0 Å². The lowest BCUT2D eigenvalue weighted by molar-refractivity contribution is 0.0941. The first kappa shape index (κ1) is 22.8. The van der Waals surface area contributed by atoms with Crippen molar-refractivity contribution < 1.29 is 22.7 Å². The van der Waals surface area contributed by atoms with Crippen LogP contribution >= 0.6 is 0 Å². The van der Waals surface area contributed by atoms with Gasteiger partial charge < -0.3 is 14.8 Å². The first-order chi connectivity index (χ1) is 15.8. The first-order valence-electron chi connectivity index (χ1n) is 10.8. The van der Waals surface area contributed by atoms with E-state index in [0.717, 1.165) is 22.6 Å². The molecule has 1 aliphatic rings. The fourth-order valence-corrected chi connectivity index (χ4v) is 5.48. The molecule has 1 aromatic heterocycles. The Bertz CT molecular complexity index is 1220. The fraction of sp³-hybridized carbons (Fsp3) is 0.333. The van der Waals surface area contributed by atoms with Crippen LogP contribution in [0.25, 0.3) is 11.3 Å². The summed E-state index contributed by atoms with van der Waals surface area (Å²) < 4.78 is 36.5. The maximum atomic E-state index is 12.8. The predicted molar refractivity (Wildman–Crippen MR) is 126 cm³/mol. The highest BCUT2D eigenvalue weighted by molar-refractivity contribution is 7.91. The van der Waals surface area contributed by atoms with Gasteiger partial charge in [-0.05, 0) is 49.2 Å². The number of nitrogens with one attached hydrogen (secondary N) is 1. The van der Waals surface area contributed by atoms with Crippen molar-refractivity contribution in [3.63, 3.8) is 0 Å². The number of carbonyl (C=O) groups excluding carboxylic acids is 1. The van der Waals surface area contributed by atoms with Gasteiger partial charge in [-0.1, -0.05) is 29.8 Å². The fourth-order valence-electron chi connectivity index (χ4n) is 3.79. The molecule has 1 saturated heterocycles. The quantitative estimate of drug-likeness (QED) is 0.509. The summed E-state index contributed by atoms with van der Waals surface area (Å²) in [6, 6.07) is 16.5. The molecule has 1 aliphatic heterocycles. The Hall–Kier alpha value is -3.33. The number of nitrogens with zero attached hydrogens (tertiary/aromatic N) is 2. The second-order valence-electron chi connectivity index (χ2n) is 8.06. The molecular formula is C24H27N3O5S. The molecule has 1 amide bonds. The summed E-state index contributed by atoms with van der Waals surface area (Å²) in [5, 5.41) is 7.31. The van der Waals surface area contributed by atoms with Crippen LogP contribution in [0.15, 0.2) is 54.6 Å². The van der Waals surface area contributed by atoms with Crippen LogP contribution in [-0.4, -0.2) is 55.9 Å². The smallest absolute Gasteiger partial charge is 0.271 e. The molecule has 33 heavy (non-hydrogen) atoms. The molecular weight excluding hydrogens is 442 g/mol. The average Bonchev–Trinajstić information content (AvgIpc) is 3.41. The van der Waals surface area contributed by atoms with Crippen LogP contribution in [0.4, 0.5) is 0 Å². The zero-order chi connectivity index (χ0) is 23.4. The minimum atomic E-state index is -3.09. The van der Waals surface area contributed by atoms with E-state index < -0.39 is 9.84 Å². The van der Waals surface area contributed by atoms with Gasteiger partial charge in [0.25, 0.3) is 5.91 Å². The second kappa shape index (κ2) is 9.66. The van der Waals surface area contributed by atoms with Gasteiger partial charge in [-0.25, -0.2) is 8.42 Å². The Morgan fingerprint density at radius 3 is 2.45 bits per heavy atom. The van der Waals surface area contributed by atoms with Gasteiger partial charge in [0.05, 0.1) is 36.9 Å². The van der Waals surface area contributed by atoms with Crippen molar-refractivity contribution in [1.82, 2.24) is 15.1 Å². The maximum Gasteiger partial charge on any atom is 0.271 e. The highest BCUT2D eigenvalue weighted by Gasteiger charge is 2.32. The van der Waals surface area contributed by atoms with Crippen molar-refractivity contribution in [1.29, 1.82) is 0 Å². The second-order valence-corrected chi connectivity index (χ2v) is 10.3. The first-order valence-corrected chi connectivity index (χ1v) is 12.6. The van der Waals surface area contributed by atoms with Crippen LogP contribution in [0, 0.1) is 6.92 Å². The van der Waals surface area contributed by atoms with Crippen LogP contribution < -0.4 is 14.8 Å². The SMILES string of the molecule is COc1ccc(OCCNC(=O)c2cc(-c3ccc(C)cc3)n(C3CCS(=O)(=O)C3)n2)cc1. The molecule has 4 rings (SSSR count). The summed E-state index contributed by atoms with van der Waals surface area (Å²) in [5.41, 5.74) is 2.98. The average molecular weight is 470 g/mol. The van der Waals surface area contributed by atoms with Gasteiger partial charge >= 0.3 is 0 Å². The van der Waals surface area contributed by atoms with E-state index in [-0.39, 0.29) is 29.1 Å². The monoisotopic (exact) mass is 469 g/mol. The maximum absolute atomic E-state index is 12.8. The minimum Gasteiger partial charge on any atom is -0.497 e. The highest BCUT2D eigenvalue weighted by Crippen LogP contribution is 2.30. The topological polar surface area (TPSA) is 99.5 Å². The number of benzene rings is 2. The lowest BCUT2D eigenvalue weighted by atomic mass is 10.1. The molecule has 1 N–H and O–H groups in total. The van der Waals surface area contributed by atoms with E-state index in [1.165, 1.54) is 0 Å². The number of aromatic nitrogens is 2. The van der Waals surface area contributed by atoms with Crippen molar-refractivity contribution in [2.45, 2.75) is 19.4 Å². The normalized spacial score (nSPS) is 17.0. The van der Waals surface area contributed by atoms with E-state index in [1.54, 1.807) is 42.1 Å². The molecule has 0 aliphatic carbocycles. The number of sulfone groups is 1. The third-order valence-corrected chi connectivity index (χ3v) is 7.34. The molecule has 8 nitrogen and oxygen atoms in total. The zero-order valence-corrected chi connectivity index (χ0v) is 19.5. The van der Waals surface area contributed by atoms with Crippen molar-refractivity contribution >= 4 is 15.7 Å². The Balaban J connectivity index is 1.45. The number of rotatable bonds is 8. The third-order valence-electron chi connectivity index (χ3n) is 5.59. The van der Waals surface area contributed by atoms with Crippen LogP contribution in [0.1, 0.15) is 28.5 Å². The van der Waals surface area contributed by atoms with Gasteiger partial charge in [0.1, 0.15) is 18.1 Å². The molecule has 0 bridgehead atoms. The van der Waals surface area contributed by atoms with Crippen LogP contribution in [0.2, 0.25) is 0 Å². The molecule has 0 spiro atoms. The van der Waals surface area contributed by atoms with E-state index in [2.05, 4.69) is 10.4 Å². The molecule has 2 heterocycles. The number of hydrogen-bond donors (Lipinski definition) is 1. The Morgan fingerprint density at radius 2 is 1.82 bits per heavy atom. The summed E-state index contributed by atoms with van der Waals surface area (Å²) in [5.74, 6) is 1.25. The van der Waals surface area contributed by atoms with Crippen molar-refractivity contribution in [2.75, 3.05) is 31.8 Å². The lowest BCUT2D eigenvalue weighted by Gasteiger charge is -2.13. The van der Waals surface area contributed by atoms with E-state index in [4.69, 9.17) is 9.47 Å². The van der Waals surface area contributed by atoms with Gasteiger partial charge in [0, 0.05) is 0 Å². The zero-order valence-electron chi connectivity index (χ0n) is 18.7. The minimum absolute atomic E-state index is 0.0320. The summed E-state index contributed by atoms with van der Waals surface area (Å²) in [4.78, 5) is 12.8. The van der Waals surface area contributed by atoms with E-state index in [0.29, 0.717) is 25.3 Å². The highest BCUT2D eigenvalue weighted by atomic mass is 32.2. The number of carbonyl (C=O) groups is 1. The van der Waals surface area contributed by atoms with Crippen LogP contribution in [-0.2, 0) is 9.84 Å². The van der Waals surface area contributed by atoms with E-state index in [1.807, 2.05) is 31.2 Å². The largest absolute Gasteiger partial charge is 0.497 e. The molecule has 174 valence electrons. The molecule has 3 aromatic rings. The summed E-state index contributed by atoms with van der Waals surface area (Å²) >= 11 is 0. The number of amides is 1. The molecule has 1 fully saturated rings. The van der Waals surface area contributed by atoms with Crippen LogP contribution in [0.3, 0.4) is 0 Å². The van der Waals surface area contributed by atoms with Crippen molar-refractivity contribution in [3.8, 4) is 22.8 Å². The summed E-state index contributed by atoms with van der Waals surface area (Å²) in [6.07, 6.45) is 0.486. The number of ether oxygens (including phenoxy) is 2. The van der Waals surface area contributed by atoms with Crippen molar-refractivity contribution in [3.05, 3.63) is 65.9 Å². The predicted octanol–water partition coefficient (Wildman–Crippen LogP) is 3.04.